The standard InChI is InChI=1S/C14H12N2O6S/c17-14(18)13(10-6-2-1-3-7-10)15-23(21,22)12-9-5-4-8-11(12)16(19)20/h1-9,13,15H,(H,17,18). The van der Waals surface area contributed by atoms with Gasteiger partial charge >= 0.3 is 5.97 Å². The smallest absolute Gasteiger partial charge is 0.326 e. The number of nitrogens with one attached hydrogen (secondary N) is 1. The summed E-state index contributed by atoms with van der Waals surface area (Å²) < 4.78 is 26.7. The zero-order chi connectivity index (χ0) is 17.0. The van der Waals surface area contributed by atoms with Gasteiger partial charge in [-0.25, -0.2) is 8.42 Å². The van der Waals surface area contributed by atoms with Crippen LogP contribution in [-0.4, -0.2) is 24.4 Å². The monoisotopic (exact) mass is 336 g/mol. The van der Waals surface area contributed by atoms with Gasteiger partial charge in [0.25, 0.3) is 5.69 Å². The van der Waals surface area contributed by atoms with Gasteiger partial charge in [-0.1, -0.05) is 42.5 Å². The van der Waals surface area contributed by atoms with Crippen LogP contribution in [0.15, 0.2) is 59.5 Å². The number of carboxylic acid groups (broad SMARTS) is 1. The van der Waals surface area contributed by atoms with E-state index in [1.807, 2.05) is 4.72 Å². The number of aliphatic carboxylic acids is 1. The Labute approximate surface area is 131 Å². The lowest BCUT2D eigenvalue weighted by atomic mass is 10.1. The van der Waals surface area contributed by atoms with Gasteiger partial charge < -0.3 is 5.11 Å². The number of carbonyl (C=O) groups is 1. The van der Waals surface area contributed by atoms with Crippen LogP contribution in [0.5, 0.6) is 0 Å². The summed E-state index contributed by atoms with van der Waals surface area (Å²) in [6, 6.07) is 10.8. The van der Waals surface area contributed by atoms with Crippen molar-refractivity contribution in [3.63, 3.8) is 0 Å². The molecule has 2 aromatic carbocycles. The SMILES string of the molecule is O=C(O)C(NS(=O)(=O)c1ccccc1[N+](=O)[O-])c1ccccc1. The highest BCUT2D eigenvalue weighted by atomic mass is 32.2. The maximum atomic E-state index is 12.4. The van der Waals surface area contributed by atoms with E-state index in [0.29, 0.717) is 0 Å². The van der Waals surface area contributed by atoms with E-state index in [0.717, 1.165) is 12.1 Å². The van der Waals surface area contributed by atoms with Gasteiger partial charge in [-0.05, 0) is 11.6 Å². The minimum absolute atomic E-state index is 0.210. The van der Waals surface area contributed by atoms with Crippen LogP contribution in [0.25, 0.3) is 0 Å². The van der Waals surface area contributed by atoms with Gasteiger partial charge in [0.2, 0.25) is 10.0 Å². The molecule has 0 fully saturated rings. The van der Waals surface area contributed by atoms with Crippen molar-refractivity contribution < 1.29 is 23.2 Å². The molecular formula is C14H12N2O6S. The van der Waals surface area contributed by atoms with E-state index >= 15 is 0 Å². The maximum absolute atomic E-state index is 12.4. The number of benzene rings is 2. The molecule has 0 saturated heterocycles. The van der Waals surface area contributed by atoms with Crippen molar-refractivity contribution in [2.45, 2.75) is 10.9 Å². The normalized spacial score (nSPS) is 12.5. The Bertz CT molecular complexity index is 835. The van der Waals surface area contributed by atoms with Crippen molar-refractivity contribution >= 4 is 21.7 Å². The number of para-hydroxylation sites is 1. The van der Waals surface area contributed by atoms with E-state index in [4.69, 9.17) is 0 Å². The summed E-state index contributed by atoms with van der Waals surface area (Å²) in [4.78, 5) is 20.9. The number of sulfonamides is 1. The van der Waals surface area contributed by atoms with Crippen molar-refractivity contribution in [1.29, 1.82) is 0 Å². The summed E-state index contributed by atoms with van der Waals surface area (Å²) in [5, 5.41) is 20.2. The predicted octanol–water partition coefficient (Wildman–Crippen LogP) is 1.70. The molecule has 0 saturated carbocycles. The molecule has 0 amide bonds. The summed E-state index contributed by atoms with van der Waals surface area (Å²) in [5.74, 6) is -1.42. The molecule has 2 aromatic rings. The highest BCUT2D eigenvalue weighted by Gasteiger charge is 2.31. The molecule has 0 aliphatic heterocycles. The van der Waals surface area contributed by atoms with Crippen LogP contribution in [0.3, 0.4) is 0 Å². The first-order valence-electron chi connectivity index (χ1n) is 6.36. The molecule has 9 heteroatoms. The van der Waals surface area contributed by atoms with E-state index in [9.17, 15) is 28.4 Å². The van der Waals surface area contributed by atoms with Gasteiger partial charge in [0, 0.05) is 6.07 Å². The molecule has 0 aromatic heterocycles. The number of nitrogens with zero attached hydrogens (tertiary/aromatic N) is 1. The van der Waals surface area contributed by atoms with E-state index < -0.39 is 37.5 Å². The zero-order valence-electron chi connectivity index (χ0n) is 11.6. The minimum atomic E-state index is -4.40. The fourth-order valence-corrected chi connectivity index (χ4v) is 3.31. The van der Waals surface area contributed by atoms with Crippen LogP contribution >= 0.6 is 0 Å². The Hall–Kier alpha value is -2.78. The molecule has 0 bridgehead atoms. The summed E-state index contributed by atoms with van der Waals surface area (Å²) in [6.07, 6.45) is 0. The summed E-state index contributed by atoms with van der Waals surface area (Å²) in [5.41, 5.74) is -0.417. The Kier molecular flexibility index (Phi) is 4.72. The molecule has 8 nitrogen and oxygen atoms in total. The quantitative estimate of drug-likeness (QED) is 0.610. The highest BCUT2D eigenvalue weighted by molar-refractivity contribution is 7.89. The van der Waals surface area contributed by atoms with Crippen LogP contribution < -0.4 is 4.72 Å². The molecule has 0 radical (unpaired) electrons. The molecule has 2 rings (SSSR count). The Morgan fingerprint density at radius 2 is 1.65 bits per heavy atom. The van der Waals surface area contributed by atoms with Crippen molar-refractivity contribution in [2.75, 3.05) is 0 Å². The number of carboxylic acids is 1. The lowest BCUT2D eigenvalue weighted by Crippen LogP contribution is -2.34. The molecule has 0 aliphatic carbocycles. The average Bonchev–Trinajstić information content (AvgIpc) is 2.53. The van der Waals surface area contributed by atoms with Crippen LogP contribution in [0.4, 0.5) is 5.69 Å². The first-order valence-corrected chi connectivity index (χ1v) is 7.85. The second-order valence-electron chi connectivity index (χ2n) is 4.53. The van der Waals surface area contributed by atoms with Crippen LogP contribution in [-0.2, 0) is 14.8 Å². The summed E-state index contributed by atoms with van der Waals surface area (Å²) >= 11 is 0. The molecule has 120 valence electrons. The van der Waals surface area contributed by atoms with Crippen molar-refractivity contribution in [3.8, 4) is 0 Å². The fraction of sp³-hybridized carbons (Fsp3) is 0.0714. The second-order valence-corrected chi connectivity index (χ2v) is 6.21. The molecule has 0 spiro atoms. The average molecular weight is 336 g/mol. The highest BCUT2D eigenvalue weighted by Crippen LogP contribution is 2.25. The lowest BCUT2D eigenvalue weighted by Gasteiger charge is -2.15. The fourth-order valence-electron chi connectivity index (χ4n) is 1.96. The predicted molar refractivity (Wildman–Crippen MR) is 80.2 cm³/mol. The van der Waals surface area contributed by atoms with Crippen LogP contribution in [0.1, 0.15) is 11.6 Å². The van der Waals surface area contributed by atoms with Gasteiger partial charge in [-0.2, -0.15) is 4.72 Å². The maximum Gasteiger partial charge on any atom is 0.326 e. The largest absolute Gasteiger partial charge is 0.480 e. The van der Waals surface area contributed by atoms with E-state index in [1.54, 1.807) is 18.2 Å². The van der Waals surface area contributed by atoms with Crippen molar-refractivity contribution in [1.82, 2.24) is 4.72 Å². The first-order chi connectivity index (χ1) is 10.8. The third-order valence-electron chi connectivity index (χ3n) is 3.00. The molecular weight excluding hydrogens is 324 g/mol. The van der Waals surface area contributed by atoms with Crippen molar-refractivity contribution in [3.05, 3.63) is 70.3 Å². The minimum Gasteiger partial charge on any atom is -0.480 e. The van der Waals surface area contributed by atoms with Crippen LogP contribution in [0.2, 0.25) is 0 Å². The third kappa shape index (κ3) is 3.71. The van der Waals surface area contributed by atoms with E-state index in [2.05, 4.69) is 0 Å². The van der Waals surface area contributed by atoms with Gasteiger partial charge in [-0.3, -0.25) is 14.9 Å². The number of nitro groups is 1. The van der Waals surface area contributed by atoms with Crippen LogP contribution in [0, 0.1) is 10.1 Å². The zero-order valence-corrected chi connectivity index (χ0v) is 12.4. The van der Waals surface area contributed by atoms with Crippen molar-refractivity contribution in [2.24, 2.45) is 0 Å². The summed E-state index contributed by atoms with van der Waals surface area (Å²) in [7, 11) is -4.40. The van der Waals surface area contributed by atoms with E-state index in [-0.39, 0.29) is 5.56 Å². The molecule has 23 heavy (non-hydrogen) atoms. The van der Waals surface area contributed by atoms with Gasteiger partial charge in [0.1, 0.15) is 6.04 Å². The Morgan fingerprint density at radius 3 is 2.22 bits per heavy atom. The van der Waals surface area contributed by atoms with Gasteiger partial charge in [0.05, 0.1) is 4.92 Å². The number of hydrogen-bond acceptors (Lipinski definition) is 5. The first kappa shape index (κ1) is 16.6. The molecule has 1 atom stereocenters. The molecule has 0 heterocycles. The van der Waals surface area contributed by atoms with Gasteiger partial charge in [0.15, 0.2) is 4.90 Å². The molecule has 0 aliphatic rings. The Balaban J connectivity index is 2.44. The Morgan fingerprint density at radius 1 is 1.09 bits per heavy atom. The summed E-state index contributed by atoms with van der Waals surface area (Å²) in [6.45, 7) is 0. The lowest BCUT2D eigenvalue weighted by molar-refractivity contribution is -0.387. The third-order valence-corrected chi connectivity index (χ3v) is 4.47. The molecule has 1 unspecified atom stereocenters. The topological polar surface area (TPSA) is 127 Å². The number of rotatable bonds is 6. The van der Waals surface area contributed by atoms with E-state index in [1.165, 1.54) is 24.3 Å². The van der Waals surface area contributed by atoms with Gasteiger partial charge in [-0.15, -0.1) is 0 Å². The molecule has 2 N–H and O–H groups in total. The number of hydrogen-bond donors (Lipinski definition) is 2. The second kappa shape index (κ2) is 6.55. The number of nitro benzene ring substituents is 1.